The molecule has 128 valence electrons. The van der Waals surface area contributed by atoms with E-state index in [9.17, 15) is 24.6 Å². The summed E-state index contributed by atoms with van der Waals surface area (Å²) in [5.74, 6) is -3.61. The van der Waals surface area contributed by atoms with Gasteiger partial charge < -0.3 is 25.0 Å². The summed E-state index contributed by atoms with van der Waals surface area (Å²) in [7, 11) is 0. The number of rotatable bonds is 2. The fraction of sp³-hybridized carbons (Fsp3) is 0.188. The van der Waals surface area contributed by atoms with Crippen molar-refractivity contribution in [2.45, 2.75) is 5.41 Å². The quantitative estimate of drug-likeness (QED) is 0.632. The summed E-state index contributed by atoms with van der Waals surface area (Å²) in [5, 5.41) is 23.0. The molecule has 9 heteroatoms. The average molecular weight is 408 g/mol. The van der Waals surface area contributed by atoms with Crippen LogP contribution in [0.2, 0.25) is 0 Å². The molecule has 0 aliphatic carbocycles. The third-order valence-electron chi connectivity index (χ3n) is 4.39. The molecule has 0 fully saturated rings. The Bertz CT molecular complexity index is 890. The van der Waals surface area contributed by atoms with E-state index in [2.05, 4.69) is 21.2 Å². The third kappa shape index (κ3) is 1.89. The molecule has 0 bridgehead atoms. The molecule has 0 atom stereocenters. The zero-order chi connectivity index (χ0) is 17.9. The molecule has 1 aromatic rings. The van der Waals surface area contributed by atoms with Crippen LogP contribution in [0.1, 0.15) is 5.56 Å². The number of nitrogens with one attached hydrogen (secondary N) is 1. The predicted octanol–water partition coefficient (Wildman–Crippen LogP) is 1.38. The number of amides is 1. The summed E-state index contributed by atoms with van der Waals surface area (Å²) < 4.78 is 10.2. The molecule has 0 spiro atoms. The van der Waals surface area contributed by atoms with Gasteiger partial charge in [-0.15, -0.1) is 0 Å². The molecular weight excluding hydrogens is 398 g/mol. The van der Waals surface area contributed by atoms with Gasteiger partial charge in [-0.25, -0.2) is 9.59 Å². The normalized spacial score (nSPS) is 21.4. The van der Waals surface area contributed by atoms with Crippen molar-refractivity contribution in [3.8, 4) is 0 Å². The van der Waals surface area contributed by atoms with Crippen molar-refractivity contribution in [1.82, 2.24) is 0 Å². The number of ether oxygens (including phenoxy) is 2. The lowest BCUT2D eigenvalue weighted by Gasteiger charge is -2.27. The Morgan fingerprint density at radius 3 is 2.04 bits per heavy atom. The highest BCUT2D eigenvalue weighted by Gasteiger charge is 2.62. The topological polar surface area (TPSA) is 122 Å². The first kappa shape index (κ1) is 15.7. The molecular formula is C16H10BrNO7. The van der Waals surface area contributed by atoms with Crippen molar-refractivity contribution in [2.24, 2.45) is 0 Å². The summed E-state index contributed by atoms with van der Waals surface area (Å²) in [6.45, 7) is -0.842. The van der Waals surface area contributed by atoms with E-state index in [-0.39, 0.29) is 5.56 Å². The van der Waals surface area contributed by atoms with Crippen LogP contribution in [-0.2, 0) is 29.3 Å². The van der Waals surface area contributed by atoms with Crippen LogP contribution in [-0.4, -0.2) is 41.3 Å². The maximum atomic E-state index is 13.0. The van der Waals surface area contributed by atoms with Gasteiger partial charge in [-0.2, -0.15) is 0 Å². The highest BCUT2D eigenvalue weighted by molar-refractivity contribution is 9.10. The van der Waals surface area contributed by atoms with Gasteiger partial charge in [-0.1, -0.05) is 15.9 Å². The largest absolute Gasteiger partial charge is 0.508 e. The van der Waals surface area contributed by atoms with Gasteiger partial charge in [0.2, 0.25) is 5.91 Å². The number of aliphatic hydroxyl groups excluding tert-OH is 2. The van der Waals surface area contributed by atoms with Crippen LogP contribution in [0.3, 0.4) is 0 Å². The molecule has 3 aliphatic heterocycles. The monoisotopic (exact) mass is 407 g/mol. The maximum Gasteiger partial charge on any atom is 0.339 e. The number of fused-ring (bicyclic) bond motifs is 1. The molecule has 4 rings (SSSR count). The predicted molar refractivity (Wildman–Crippen MR) is 85.7 cm³/mol. The van der Waals surface area contributed by atoms with Crippen LogP contribution in [0.15, 0.2) is 45.3 Å². The van der Waals surface area contributed by atoms with Crippen LogP contribution in [0.5, 0.6) is 0 Å². The van der Waals surface area contributed by atoms with Gasteiger partial charge in [0.25, 0.3) is 0 Å². The Morgan fingerprint density at radius 1 is 1.00 bits per heavy atom. The summed E-state index contributed by atoms with van der Waals surface area (Å²) in [5.41, 5.74) is -2.28. The van der Waals surface area contributed by atoms with Crippen molar-refractivity contribution in [3.63, 3.8) is 0 Å². The SMILES string of the molecule is O=C1OCC(O)=C1C1(C2=C(O)COC2=O)C(=O)Nc2ccc(Br)cc21. The molecule has 1 amide bonds. The molecule has 0 unspecified atom stereocenters. The lowest BCUT2D eigenvalue weighted by molar-refractivity contribution is -0.139. The standard InChI is InChI=1S/C16H10BrNO7/c17-6-1-2-8-7(3-6)16(15(23)18-8,11-9(19)4-24-13(11)21)12-10(20)5-25-14(12)22/h1-3,19-20H,4-5H2,(H,18,23). The van der Waals surface area contributed by atoms with Crippen LogP contribution >= 0.6 is 15.9 Å². The van der Waals surface area contributed by atoms with Crippen LogP contribution in [0.4, 0.5) is 5.69 Å². The molecule has 0 aromatic heterocycles. The van der Waals surface area contributed by atoms with Gasteiger partial charge in [0.1, 0.15) is 41.3 Å². The second kappa shape index (κ2) is 5.09. The Morgan fingerprint density at radius 2 is 1.56 bits per heavy atom. The summed E-state index contributed by atoms with van der Waals surface area (Å²) in [4.78, 5) is 37.6. The molecule has 25 heavy (non-hydrogen) atoms. The minimum absolute atomic E-state index is 0.229. The number of benzene rings is 1. The van der Waals surface area contributed by atoms with Crippen molar-refractivity contribution >= 4 is 39.5 Å². The fourth-order valence-electron chi connectivity index (χ4n) is 3.43. The second-order valence-corrected chi connectivity index (χ2v) is 6.61. The number of halogens is 1. The number of esters is 2. The minimum atomic E-state index is -2.05. The minimum Gasteiger partial charge on any atom is -0.508 e. The lowest BCUT2D eigenvalue weighted by atomic mass is 9.68. The van der Waals surface area contributed by atoms with E-state index >= 15 is 0 Å². The molecule has 1 aromatic carbocycles. The van der Waals surface area contributed by atoms with Crippen molar-refractivity contribution in [3.05, 3.63) is 50.9 Å². The Hall–Kier alpha value is -2.81. The van der Waals surface area contributed by atoms with Gasteiger partial charge in [0.15, 0.2) is 0 Å². The van der Waals surface area contributed by atoms with E-state index in [4.69, 9.17) is 9.47 Å². The van der Waals surface area contributed by atoms with Crippen LogP contribution < -0.4 is 5.32 Å². The zero-order valence-electron chi connectivity index (χ0n) is 12.5. The Balaban J connectivity index is 2.13. The van der Waals surface area contributed by atoms with Gasteiger partial charge in [0, 0.05) is 15.7 Å². The third-order valence-corrected chi connectivity index (χ3v) is 4.88. The van der Waals surface area contributed by atoms with E-state index < -0.39 is 59.1 Å². The second-order valence-electron chi connectivity index (χ2n) is 5.69. The van der Waals surface area contributed by atoms with Crippen LogP contribution in [0, 0.1) is 0 Å². The van der Waals surface area contributed by atoms with E-state index in [1.807, 2.05) is 0 Å². The molecule has 3 heterocycles. The van der Waals surface area contributed by atoms with Gasteiger partial charge in [0.05, 0.1) is 0 Å². The van der Waals surface area contributed by atoms with Crippen molar-refractivity contribution in [2.75, 3.05) is 18.5 Å². The first-order valence-corrected chi connectivity index (χ1v) is 7.97. The molecule has 0 saturated heterocycles. The van der Waals surface area contributed by atoms with Crippen molar-refractivity contribution < 1.29 is 34.1 Å². The van der Waals surface area contributed by atoms with E-state index in [0.717, 1.165) is 0 Å². The molecule has 3 N–H and O–H groups in total. The molecule has 0 saturated carbocycles. The van der Waals surface area contributed by atoms with Crippen LogP contribution in [0.25, 0.3) is 0 Å². The number of aliphatic hydroxyl groups is 2. The number of carbonyl (C=O) groups is 3. The molecule has 8 nitrogen and oxygen atoms in total. The van der Waals surface area contributed by atoms with E-state index in [1.165, 1.54) is 6.07 Å². The number of hydrogen-bond donors (Lipinski definition) is 3. The first-order chi connectivity index (χ1) is 11.9. The molecule has 3 aliphatic rings. The highest BCUT2D eigenvalue weighted by Crippen LogP contribution is 2.52. The summed E-state index contributed by atoms with van der Waals surface area (Å²) in [6, 6.07) is 4.78. The summed E-state index contributed by atoms with van der Waals surface area (Å²) >= 11 is 3.29. The van der Waals surface area contributed by atoms with Gasteiger partial charge >= 0.3 is 11.9 Å². The fourth-order valence-corrected chi connectivity index (χ4v) is 3.79. The zero-order valence-corrected chi connectivity index (χ0v) is 14.0. The summed E-state index contributed by atoms with van der Waals surface area (Å²) in [6.07, 6.45) is 0. The van der Waals surface area contributed by atoms with Gasteiger partial charge in [-0.3, -0.25) is 4.79 Å². The number of hydrogen-bond acceptors (Lipinski definition) is 7. The van der Waals surface area contributed by atoms with Gasteiger partial charge in [-0.05, 0) is 18.2 Å². The Kier molecular flexibility index (Phi) is 3.20. The maximum absolute atomic E-state index is 13.0. The Labute approximate surface area is 148 Å². The van der Waals surface area contributed by atoms with E-state index in [1.54, 1.807) is 12.1 Å². The lowest BCUT2D eigenvalue weighted by Crippen LogP contribution is -2.43. The highest BCUT2D eigenvalue weighted by atomic mass is 79.9. The van der Waals surface area contributed by atoms with E-state index in [0.29, 0.717) is 10.2 Å². The molecule has 0 radical (unpaired) electrons. The first-order valence-electron chi connectivity index (χ1n) is 7.18. The average Bonchev–Trinajstić information content (AvgIpc) is 3.16. The number of anilines is 1. The van der Waals surface area contributed by atoms with Crippen molar-refractivity contribution in [1.29, 1.82) is 0 Å². The number of cyclic esters (lactones) is 2. The number of carbonyl (C=O) groups excluding carboxylic acids is 3. The smallest absolute Gasteiger partial charge is 0.339 e.